The van der Waals surface area contributed by atoms with Gasteiger partial charge in [0, 0.05) is 25.5 Å². The maximum atomic E-state index is 6.20. The van der Waals surface area contributed by atoms with Crippen LogP contribution in [-0.2, 0) is 6.42 Å². The summed E-state index contributed by atoms with van der Waals surface area (Å²) in [4.78, 5) is 1.44. The van der Waals surface area contributed by atoms with E-state index in [-0.39, 0.29) is 0 Å². The fourth-order valence-electron chi connectivity index (χ4n) is 2.61. The van der Waals surface area contributed by atoms with Crippen molar-refractivity contribution >= 4 is 61.2 Å². The molecule has 2 rings (SSSR count). The van der Waals surface area contributed by atoms with E-state index in [0.717, 1.165) is 21.4 Å². The molecule has 0 aliphatic carbocycles. The summed E-state index contributed by atoms with van der Waals surface area (Å²) in [7, 11) is 0. The van der Waals surface area contributed by atoms with E-state index in [1.807, 2.05) is 17.4 Å². The summed E-state index contributed by atoms with van der Waals surface area (Å²) >= 11 is 15.5. The van der Waals surface area contributed by atoms with E-state index >= 15 is 0 Å². The first-order valence-electron chi connectivity index (χ1n) is 8.05. The highest BCUT2D eigenvalue weighted by Gasteiger charge is 2.16. The van der Waals surface area contributed by atoms with Crippen LogP contribution in [0.2, 0.25) is 5.02 Å². The van der Waals surface area contributed by atoms with Crippen LogP contribution in [0, 0.1) is 0 Å². The minimum absolute atomic E-state index is 0.797. The fraction of sp³-hybridized carbons (Fsp3) is 0.500. The number of thioether (sulfide) groups is 1. The first-order valence-corrected chi connectivity index (χ1v) is 10.6. The maximum Gasteiger partial charge on any atom is 0.0795 e. The number of halogens is 1. The molecule has 0 unspecified atom stereocenters. The quantitative estimate of drug-likeness (QED) is 0.348. The van der Waals surface area contributed by atoms with E-state index in [0.29, 0.717) is 0 Å². The SMILES string of the molecule is CCCCCCCc1sc2ccc(Cl)cc2c1C(=S)SCC. The molecule has 2 aromatic rings. The molecule has 0 fully saturated rings. The Bertz CT molecular complexity index is 631. The van der Waals surface area contributed by atoms with Crippen LogP contribution in [0.4, 0.5) is 0 Å². The maximum absolute atomic E-state index is 6.20. The molecule has 0 nitrogen and oxygen atoms in total. The Hall–Kier alpha value is -0.0900. The lowest BCUT2D eigenvalue weighted by Crippen LogP contribution is -1.96. The molecule has 0 saturated carbocycles. The average molecular weight is 371 g/mol. The molecule has 1 aromatic heterocycles. The molecule has 22 heavy (non-hydrogen) atoms. The Morgan fingerprint density at radius 2 is 1.95 bits per heavy atom. The van der Waals surface area contributed by atoms with Crippen molar-refractivity contribution in [1.29, 1.82) is 0 Å². The van der Waals surface area contributed by atoms with Gasteiger partial charge in [-0.05, 0) is 36.8 Å². The summed E-state index contributed by atoms with van der Waals surface area (Å²) in [5, 5.41) is 2.04. The topological polar surface area (TPSA) is 0 Å². The zero-order valence-electron chi connectivity index (χ0n) is 13.3. The number of hydrogen-bond donors (Lipinski definition) is 0. The zero-order chi connectivity index (χ0) is 15.9. The van der Waals surface area contributed by atoms with E-state index in [1.54, 1.807) is 11.8 Å². The highest BCUT2D eigenvalue weighted by Crippen LogP contribution is 2.36. The van der Waals surface area contributed by atoms with Crippen LogP contribution in [0.15, 0.2) is 18.2 Å². The van der Waals surface area contributed by atoms with Gasteiger partial charge in [0.2, 0.25) is 0 Å². The van der Waals surface area contributed by atoms with Gasteiger partial charge >= 0.3 is 0 Å². The van der Waals surface area contributed by atoms with E-state index in [1.165, 1.54) is 52.6 Å². The lowest BCUT2D eigenvalue weighted by molar-refractivity contribution is 0.634. The second-order valence-corrected chi connectivity index (χ2v) is 8.94. The smallest absolute Gasteiger partial charge is 0.0795 e. The molecule has 0 spiro atoms. The van der Waals surface area contributed by atoms with Crippen LogP contribution in [0.25, 0.3) is 10.1 Å². The Labute approximate surface area is 152 Å². The molecule has 0 saturated heterocycles. The van der Waals surface area contributed by atoms with Crippen LogP contribution in [0.5, 0.6) is 0 Å². The van der Waals surface area contributed by atoms with Crippen molar-refractivity contribution in [3.05, 3.63) is 33.7 Å². The number of benzene rings is 1. The normalized spacial score (nSPS) is 11.2. The molecule has 120 valence electrons. The van der Waals surface area contributed by atoms with Gasteiger partial charge in [0.05, 0.1) is 4.20 Å². The monoisotopic (exact) mass is 370 g/mol. The summed E-state index contributed by atoms with van der Waals surface area (Å²) < 4.78 is 2.33. The van der Waals surface area contributed by atoms with Crippen LogP contribution in [-0.4, -0.2) is 9.95 Å². The van der Waals surface area contributed by atoms with Gasteiger partial charge in [-0.1, -0.05) is 63.3 Å². The summed E-state index contributed by atoms with van der Waals surface area (Å²) in [6.45, 7) is 4.41. The number of aryl methyl sites for hydroxylation is 1. The molecule has 0 aliphatic rings. The van der Waals surface area contributed by atoms with Gasteiger partial charge in [0.25, 0.3) is 0 Å². The van der Waals surface area contributed by atoms with E-state index in [4.69, 9.17) is 23.8 Å². The number of unbranched alkanes of at least 4 members (excludes halogenated alkanes) is 4. The van der Waals surface area contributed by atoms with Crippen molar-refractivity contribution in [1.82, 2.24) is 0 Å². The van der Waals surface area contributed by atoms with Crippen LogP contribution in [0.3, 0.4) is 0 Å². The molecule has 0 atom stereocenters. The second-order valence-electron chi connectivity index (χ2n) is 5.43. The Morgan fingerprint density at radius 1 is 1.18 bits per heavy atom. The highest BCUT2D eigenvalue weighted by molar-refractivity contribution is 8.23. The molecule has 0 aliphatic heterocycles. The minimum atomic E-state index is 0.797. The van der Waals surface area contributed by atoms with E-state index in [9.17, 15) is 0 Å². The van der Waals surface area contributed by atoms with Crippen LogP contribution >= 0.6 is 46.9 Å². The van der Waals surface area contributed by atoms with Gasteiger partial charge in [-0.2, -0.15) is 0 Å². The predicted octanol–water partition coefficient (Wildman–Crippen LogP) is 7.50. The van der Waals surface area contributed by atoms with Gasteiger partial charge < -0.3 is 0 Å². The summed E-state index contributed by atoms with van der Waals surface area (Å²) in [5.74, 6) is 1.02. The molecule has 0 bridgehead atoms. The van der Waals surface area contributed by atoms with Crippen molar-refractivity contribution in [2.75, 3.05) is 5.75 Å². The lowest BCUT2D eigenvalue weighted by Gasteiger charge is -2.06. The van der Waals surface area contributed by atoms with Gasteiger partial charge in [0.1, 0.15) is 0 Å². The van der Waals surface area contributed by atoms with Crippen molar-refractivity contribution in [2.24, 2.45) is 0 Å². The molecule has 0 radical (unpaired) electrons. The van der Waals surface area contributed by atoms with Crippen molar-refractivity contribution in [3.8, 4) is 0 Å². The second kappa shape index (κ2) is 9.27. The van der Waals surface area contributed by atoms with Gasteiger partial charge in [0.15, 0.2) is 0 Å². The van der Waals surface area contributed by atoms with Crippen molar-refractivity contribution in [3.63, 3.8) is 0 Å². The Morgan fingerprint density at radius 3 is 2.68 bits per heavy atom. The van der Waals surface area contributed by atoms with Crippen molar-refractivity contribution in [2.45, 2.75) is 52.4 Å². The minimum Gasteiger partial charge on any atom is -0.140 e. The first-order chi connectivity index (χ1) is 10.7. The first kappa shape index (κ1) is 18.3. The number of fused-ring (bicyclic) bond motifs is 1. The van der Waals surface area contributed by atoms with Crippen LogP contribution < -0.4 is 0 Å². The standard InChI is InChI=1S/C18H23ClS3/c1-3-5-6-7-8-9-16-17(18(20)21-4-2)14-12-13(19)10-11-15(14)22-16/h10-12H,3-9H2,1-2H3. The third-order valence-corrected chi connectivity index (χ3v) is 6.49. The summed E-state index contributed by atoms with van der Waals surface area (Å²) in [5.41, 5.74) is 1.28. The number of thiocarbonyl (C=S) groups is 1. The molecular weight excluding hydrogens is 348 g/mol. The number of rotatable bonds is 8. The lowest BCUT2D eigenvalue weighted by atomic mass is 10.1. The van der Waals surface area contributed by atoms with Crippen molar-refractivity contribution < 1.29 is 0 Å². The molecule has 1 heterocycles. The summed E-state index contributed by atoms with van der Waals surface area (Å²) in [6.07, 6.45) is 7.70. The molecule has 0 N–H and O–H groups in total. The largest absolute Gasteiger partial charge is 0.140 e. The van der Waals surface area contributed by atoms with Gasteiger partial charge in [-0.15, -0.1) is 23.1 Å². The average Bonchev–Trinajstić information content (AvgIpc) is 2.84. The molecule has 4 heteroatoms. The summed E-state index contributed by atoms with van der Waals surface area (Å²) in [6, 6.07) is 6.18. The number of thiophene rings is 1. The van der Waals surface area contributed by atoms with E-state index < -0.39 is 0 Å². The van der Waals surface area contributed by atoms with Gasteiger partial charge in [-0.25, -0.2) is 0 Å². The van der Waals surface area contributed by atoms with E-state index in [2.05, 4.69) is 26.0 Å². The third kappa shape index (κ3) is 4.70. The Kier molecular flexibility index (Phi) is 7.69. The van der Waals surface area contributed by atoms with Crippen LogP contribution in [0.1, 0.15) is 56.4 Å². The zero-order valence-corrected chi connectivity index (χ0v) is 16.5. The molecule has 1 aromatic carbocycles. The third-order valence-electron chi connectivity index (χ3n) is 3.71. The molecular formula is C18H23ClS3. The molecule has 0 amide bonds. The predicted molar refractivity (Wildman–Crippen MR) is 109 cm³/mol. The van der Waals surface area contributed by atoms with Gasteiger partial charge in [-0.3, -0.25) is 0 Å². The fourth-order valence-corrected chi connectivity index (χ4v) is 5.37. The Balaban J connectivity index is 2.23. The number of hydrogen-bond acceptors (Lipinski definition) is 3. The highest BCUT2D eigenvalue weighted by atomic mass is 35.5.